The molecule has 198 valence electrons. The number of hydrogen-bond donors (Lipinski definition) is 5. The molecule has 4 saturated carbocycles. The third-order valence-electron chi connectivity index (χ3n) is 11.0. The number of ketones is 1. The zero-order valence-electron chi connectivity index (χ0n) is 20.8. The highest BCUT2D eigenvalue weighted by Crippen LogP contribution is 2.71. The van der Waals surface area contributed by atoms with Crippen LogP contribution in [0.15, 0.2) is 0 Å². The number of aliphatic carboxylic acids is 1. The molecule has 5 N–H and O–H groups in total. The van der Waals surface area contributed by atoms with Crippen LogP contribution in [-0.4, -0.2) is 80.7 Å². The highest BCUT2D eigenvalue weighted by atomic mass is 16.7. The van der Waals surface area contributed by atoms with E-state index in [4.69, 9.17) is 9.47 Å². The van der Waals surface area contributed by atoms with Gasteiger partial charge in [-0.05, 0) is 62.7 Å². The van der Waals surface area contributed by atoms with E-state index in [0.717, 1.165) is 19.3 Å². The average molecular weight is 497 g/mol. The molecular weight excluding hydrogens is 456 g/mol. The molecule has 0 radical (unpaired) electrons. The lowest BCUT2D eigenvalue weighted by Gasteiger charge is -2.64. The molecule has 13 atom stereocenters. The maximum absolute atomic E-state index is 13.8. The predicted molar refractivity (Wildman–Crippen MR) is 122 cm³/mol. The van der Waals surface area contributed by atoms with Gasteiger partial charge in [0, 0.05) is 17.3 Å². The van der Waals surface area contributed by atoms with Crippen molar-refractivity contribution in [2.75, 3.05) is 6.61 Å². The molecule has 5 rings (SSSR count). The van der Waals surface area contributed by atoms with Crippen molar-refractivity contribution in [2.24, 2.45) is 39.9 Å². The van der Waals surface area contributed by atoms with Gasteiger partial charge in [-0.3, -0.25) is 9.59 Å². The van der Waals surface area contributed by atoms with E-state index >= 15 is 0 Å². The Morgan fingerprint density at radius 2 is 1.83 bits per heavy atom. The minimum atomic E-state index is -1.54. The normalized spacial score (nSPS) is 55.8. The molecule has 0 aromatic carbocycles. The van der Waals surface area contributed by atoms with Gasteiger partial charge in [-0.2, -0.15) is 0 Å². The van der Waals surface area contributed by atoms with Crippen LogP contribution in [0, 0.1) is 39.9 Å². The Morgan fingerprint density at radius 3 is 2.49 bits per heavy atom. The summed E-state index contributed by atoms with van der Waals surface area (Å²) in [5, 5.41) is 51.0. The third kappa shape index (κ3) is 3.42. The van der Waals surface area contributed by atoms with Crippen LogP contribution < -0.4 is 0 Å². The lowest BCUT2D eigenvalue weighted by molar-refractivity contribution is -0.328. The maximum Gasteiger partial charge on any atom is 0.309 e. The molecule has 13 unspecified atom stereocenters. The van der Waals surface area contributed by atoms with Crippen LogP contribution in [0.25, 0.3) is 0 Å². The first-order valence-electron chi connectivity index (χ1n) is 13.1. The Kier molecular flexibility index (Phi) is 6.18. The Bertz CT molecular complexity index is 877. The Balaban J connectivity index is 1.54. The zero-order chi connectivity index (χ0) is 25.5. The highest BCUT2D eigenvalue weighted by Gasteiger charge is 2.71. The molecule has 1 spiro atoms. The predicted octanol–water partition coefficient (Wildman–Crippen LogP) is 1.09. The number of carbonyl (C=O) groups is 2. The van der Waals surface area contributed by atoms with Crippen LogP contribution in [0.2, 0.25) is 0 Å². The maximum atomic E-state index is 13.8. The van der Waals surface area contributed by atoms with Crippen LogP contribution in [0.3, 0.4) is 0 Å². The molecule has 5 aliphatic rings. The second kappa shape index (κ2) is 8.46. The molecule has 9 heteroatoms. The van der Waals surface area contributed by atoms with Gasteiger partial charge in [-0.25, -0.2) is 0 Å². The van der Waals surface area contributed by atoms with E-state index in [2.05, 4.69) is 6.92 Å². The number of aliphatic hydroxyl groups excluding tert-OH is 4. The van der Waals surface area contributed by atoms with E-state index in [1.54, 1.807) is 0 Å². The smallest absolute Gasteiger partial charge is 0.309 e. The Labute approximate surface area is 205 Å². The zero-order valence-corrected chi connectivity index (χ0v) is 20.8. The molecule has 1 heterocycles. The highest BCUT2D eigenvalue weighted by molar-refractivity contribution is 5.90. The van der Waals surface area contributed by atoms with Gasteiger partial charge in [0.25, 0.3) is 0 Å². The lowest BCUT2D eigenvalue weighted by Crippen LogP contribution is -2.65. The summed E-state index contributed by atoms with van der Waals surface area (Å²) in [7, 11) is 0. The van der Waals surface area contributed by atoms with Gasteiger partial charge in [0.15, 0.2) is 6.29 Å². The lowest BCUT2D eigenvalue weighted by atomic mass is 9.40. The number of Topliss-reactive ketones (excluding diaryl/α,β-unsaturated/α-hetero) is 1. The molecule has 4 aliphatic carbocycles. The summed E-state index contributed by atoms with van der Waals surface area (Å²) < 4.78 is 12.1. The average Bonchev–Trinajstić information content (AvgIpc) is 2.99. The van der Waals surface area contributed by atoms with E-state index in [-0.39, 0.29) is 29.5 Å². The summed E-state index contributed by atoms with van der Waals surface area (Å²) in [6.07, 6.45) is -2.52. The molecular formula is C26H40O9. The summed E-state index contributed by atoms with van der Waals surface area (Å²) >= 11 is 0. The Morgan fingerprint density at radius 1 is 1.11 bits per heavy atom. The molecule has 0 amide bonds. The largest absolute Gasteiger partial charge is 0.481 e. The number of rotatable bonds is 4. The second-order valence-electron chi connectivity index (χ2n) is 12.5. The van der Waals surface area contributed by atoms with Gasteiger partial charge < -0.3 is 35.0 Å². The molecule has 5 fully saturated rings. The standard InChI is InChI=1S/C26H40O9/c1-12-13-9-14(34-22-19(30)18(29)17(28)15(11-27)35-22)20-24(2)6-4-7-25(3,23(32)33)16(24)5-8-26(20,10-13)21(12)31/h12-20,22,27-30H,4-11H2,1-3H3,(H,32,33). The van der Waals surface area contributed by atoms with Crippen LogP contribution in [0.4, 0.5) is 0 Å². The van der Waals surface area contributed by atoms with Crippen LogP contribution in [0.5, 0.6) is 0 Å². The number of carbonyl (C=O) groups excluding carboxylic acids is 1. The Hall–Kier alpha value is -1.10. The minimum absolute atomic E-state index is 0.113. The first-order valence-corrected chi connectivity index (χ1v) is 13.1. The SMILES string of the molecule is CC1C(=O)C23CCC4C(C)(C(=O)O)CCCC4(C)C2C(OC2OC(CO)C(O)C(O)C2O)CC1C3. The van der Waals surface area contributed by atoms with Crippen molar-refractivity contribution >= 4 is 11.8 Å². The van der Waals surface area contributed by atoms with Crippen molar-refractivity contribution in [2.45, 2.75) is 103 Å². The molecule has 9 nitrogen and oxygen atoms in total. The number of hydrogen-bond acceptors (Lipinski definition) is 8. The number of carboxylic acid groups (broad SMARTS) is 1. The van der Waals surface area contributed by atoms with Crippen molar-refractivity contribution in [3.05, 3.63) is 0 Å². The van der Waals surface area contributed by atoms with Gasteiger partial charge in [0.05, 0.1) is 18.1 Å². The molecule has 1 aliphatic heterocycles. The summed E-state index contributed by atoms with van der Waals surface area (Å²) in [5.41, 5.74) is -1.93. The molecule has 0 aromatic rings. The summed E-state index contributed by atoms with van der Waals surface area (Å²) in [6.45, 7) is 5.40. The van der Waals surface area contributed by atoms with Crippen molar-refractivity contribution in [3.63, 3.8) is 0 Å². The molecule has 2 bridgehead atoms. The van der Waals surface area contributed by atoms with Crippen LogP contribution in [0.1, 0.15) is 65.7 Å². The summed E-state index contributed by atoms with van der Waals surface area (Å²) in [6, 6.07) is 0. The topological polar surface area (TPSA) is 154 Å². The number of fused-ring (bicyclic) bond motifs is 3. The molecule has 35 heavy (non-hydrogen) atoms. The number of aliphatic hydroxyl groups is 4. The van der Waals surface area contributed by atoms with Gasteiger partial charge in [0.1, 0.15) is 30.2 Å². The molecule has 0 aromatic heterocycles. The van der Waals surface area contributed by atoms with Crippen molar-refractivity contribution < 1.29 is 44.6 Å². The van der Waals surface area contributed by atoms with Gasteiger partial charge in [-0.1, -0.05) is 20.3 Å². The van der Waals surface area contributed by atoms with Crippen LogP contribution >= 0.6 is 0 Å². The van der Waals surface area contributed by atoms with Gasteiger partial charge in [-0.15, -0.1) is 0 Å². The van der Waals surface area contributed by atoms with Crippen LogP contribution in [-0.2, 0) is 19.1 Å². The number of carboxylic acids is 1. The van der Waals surface area contributed by atoms with E-state index in [9.17, 15) is 35.1 Å². The van der Waals surface area contributed by atoms with E-state index < -0.39 is 65.6 Å². The molecule has 1 saturated heterocycles. The van der Waals surface area contributed by atoms with E-state index in [0.29, 0.717) is 25.7 Å². The van der Waals surface area contributed by atoms with E-state index in [1.807, 2.05) is 13.8 Å². The first-order chi connectivity index (χ1) is 16.4. The van der Waals surface area contributed by atoms with Gasteiger partial charge in [0.2, 0.25) is 0 Å². The van der Waals surface area contributed by atoms with E-state index in [1.165, 1.54) is 0 Å². The fourth-order valence-electron chi connectivity index (χ4n) is 9.28. The summed E-state index contributed by atoms with van der Waals surface area (Å²) in [5.74, 6) is -0.893. The van der Waals surface area contributed by atoms with Crippen molar-refractivity contribution in [1.29, 1.82) is 0 Å². The van der Waals surface area contributed by atoms with Crippen molar-refractivity contribution in [3.8, 4) is 0 Å². The number of ether oxygens (including phenoxy) is 2. The third-order valence-corrected chi connectivity index (χ3v) is 11.0. The monoisotopic (exact) mass is 496 g/mol. The quantitative estimate of drug-likeness (QED) is 0.385. The fourth-order valence-corrected chi connectivity index (χ4v) is 9.28. The first kappa shape index (κ1) is 25.5. The second-order valence-corrected chi connectivity index (χ2v) is 12.5. The fraction of sp³-hybridized carbons (Fsp3) is 0.923. The summed E-state index contributed by atoms with van der Waals surface area (Å²) in [4.78, 5) is 26.3. The minimum Gasteiger partial charge on any atom is -0.481 e. The van der Waals surface area contributed by atoms with Gasteiger partial charge >= 0.3 is 5.97 Å². The van der Waals surface area contributed by atoms with Crippen molar-refractivity contribution in [1.82, 2.24) is 0 Å².